The number of H-pyrrole nitrogens is 1. The van der Waals surface area contributed by atoms with Gasteiger partial charge in [0.15, 0.2) is 0 Å². The number of anilines is 1. The standard InChI is InChI=1S/C12H13N5O/c1-17-5-4-13-12(17)11(10-3-2-6-18-10)16-9-7-14-15-8-9/h2-8,11,16H,1H3,(H,14,15). The summed E-state index contributed by atoms with van der Waals surface area (Å²) in [5, 5.41) is 10.0. The molecular weight excluding hydrogens is 230 g/mol. The minimum Gasteiger partial charge on any atom is -0.467 e. The molecule has 3 aromatic heterocycles. The molecule has 0 radical (unpaired) electrons. The molecule has 3 aromatic rings. The summed E-state index contributed by atoms with van der Waals surface area (Å²) in [6.07, 6.45) is 8.84. The molecule has 0 saturated heterocycles. The van der Waals surface area contributed by atoms with Crippen molar-refractivity contribution in [2.24, 2.45) is 7.05 Å². The zero-order valence-electron chi connectivity index (χ0n) is 9.87. The zero-order valence-corrected chi connectivity index (χ0v) is 9.87. The van der Waals surface area contributed by atoms with E-state index in [0.29, 0.717) is 0 Å². The van der Waals surface area contributed by atoms with Gasteiger partial charge in [0.2, 0.25) is 0 Å². The van der Waals surface area contributed by atoms with E-state index in [1.54, 1.807) is 24.9 Å². The van der Waals surface area contributed by atoms with E-state index in [0.717, 1.165) is 17.3 Å². The fraction of sp³-hybridized carbons (Fsp3) is 0.167. The molecule has 6 heteroatoms. The fourth-order valence-corrected chi connectivity index (χ4v) is 1.87. The molecule has 3 heterocycles. The van der Waals surface area contributed by atoms with Crippen LogP contribution in [0.3, 0.4) is 0 Å². The van der Waals surface area contributed by atoms with E-state index in [-0.39, 0.29) is 6.04 Å². The average molecular weight is 243 g/mol. The maximum Gasteiger partial charge on any atom is 0.143 e. The third kappa shape index (κ3) is 1.88. The van der Waals surface area contributed by atoms with Gasteiger partial charge in [0.25, 0.3) is 0 Å². The van der Waals surface area contributed by atoms with Crippen LogP contribution in [0.15, 0.2) is 47.6 Å². The number of nitrogens with zero attached hydrogens (tertiary/aromatic N) is 3. The molecule has 0 aliphatic heterocycles. The van der Waals surface area contributed by atoms with E-state index in [1.807, 2.05) is 29.9 Å². The van der Waals surface area contributed by atoms with E-state index >= 15 is 0 Å². The molecule has 0 spiro atoms. The van der Waals surface area contributed by atoms with Crippen LogP contribution in [-0.4, -0.2) is 19.7 Å². The average Bonchev–Trinajstić information content (AvgIpc) is 3.09. The highest BCUT2D eigenvalue weighted by molar-refractivity contribution is 5.42. The van der Waals surface area contributed by atoms with Crippen LogP contribution in [0.25, 0.3) is 0 Å². The van der Waals surface area contributed by atoms with Gasteiger partial charge in [-0.1, -0.05) is 0 Å². The predicted molar refractivity (Wildman–Crippen MR) is 66.0 cm³/mol. The number of hydrogen-bond donors (Lipinski definition) is 2. The lowest BCUT2D eigenvalue weighted by atomic mass is 10.2. The van der Waals surface area contributed by atoms with Crippen molar-refractivity contribution in [2.75, 3.05) is 5.32 Å². The lowest BCUT2D eigenvalue weighted by Crippen LogP contribution is -2.15. The van der Waals surface area contributed by atoms with Gasteiger partial charge < -0.3 is 14.3 Å². The van der Waals surface area contributed by atoms with E-state index in [4.69, 9.17) is 4.42 Å². The molecule has 2 N–H and O–H groups in total. The van der Waals surface area contributed by atoms with Gasteiger partial charge in [0.1, 0.15) is 17.6 Å². The number of aromatic amines is 1. The number of aryl methyl sites for hydroxylation is 1. The lowest BCUT2D eigenvalue weighted by Gasteiger charge is -2.16. The molecule has 0 aliphatic carbocycles. The first-order chi connectivity index (χ1) is 8.84. The first-order valence-electron chi connectivity index (χ1n) is 5.60. The number of nitrogens with one attached hydrogen (secondary N) is 2. The van der Waals surface area contributed by atoms with Gasteiger partial charge in [-0.25, -0.2) is 4.98 Å². The molecule has 3 rings (SSSR count). The monoisotopic (exact) mass is 243 g/mol. The van der Waals surface area contributed by atoms with Crippen LogP contribution in [-0.2, 0) is 7.05 Å². The van der Waals surface area contributed by atoms with E-state index in [9.17, 15) is 0 Å². The largest absolute Gasteiger partial charge is 0.467 e. The minimum absolute atomic E-state index is 0.141. The van der Waals surface area contributed by atoms with Crippen LogP contribution in [0.5, 0.6) is 0 Å². The highest BCUT2D eigenvalue weighted by Crippen LogP contribution is 2.25. The molecule has 0 bridgehead atoms. The van der Waals surface area contributed by atoms with Gasteiger partial charge in [0.05, 0.1) is 18.1 Å². The van der Waals surface area contributed by atoms with Crippen molar-refractivity contribution in [3.8, 4) is 0 Å². The number of hydrogen-bond acceptors (Lipinski definition) is 4. The number of aromatic nitrogens is 4. The van der Waals surface area contributed by atoms with E-state index < -0.39 is 0 Å². The van der Waals surface area contributed by atoms with Crippen LogP contribution >= 0.6 is 0 Å². The molecule has 1 unspecified atom stereocenters. The predicted octanol–water partition coefficient (Wildman–Crippen LogP) is 1.94. The second-order valence-corrected chi connectivity index (χ2v) is 3.98. The first kappa shape index (κ1) is 10.6. The van der Waals surface area contributed by atoms with Crippen LogP contribution in [0, 0.1) is 0 Å². The molecule has 18 heavy (non-hydrogen) atoms. The van der Waals surface area contributed by atoms with Gasteiger partial charge in [-0.05, 0) is 12.1 Å². The highest BCUT2D eigenvalue weighted by atomic mass is 16.3. The smallest absolute Gasteiger partial charge is 0.143 e. The number of furan rings is 1. The Morgan fingerprint density at radius 1 is 1.50 bits per heavy atom. The Balaban J connectivity index is 1.97. The third-order valence-electron chi connectivity index (χ3n) is 2.75. The van der Waals surface area contributed by atoms with Gasteiger partial charge in [0, 0.05) is 25.6 Å². The summed E-state index contributed by atoms with van der Waals surface area (Å²) in [7, 11) is 1.95. The van der Waals surface area contributed by atoms with Gasteiger partial charge in [-0.2, -0.15) is 5.10 Å². The zero-order chi connectivity index (χ0) is 12.4. The van der Waals surface area contributed by atoms with Crippen molar-refractivity contribution in [3.63, 3.8) is 0 Å². The van der Waals surface area contributed by atoms with Crippen LogP contribution in [0.1, 0.15) is 17.6 Å². The first-order valence-corrected chi connectivity index (χ1v) is 5.60. The summed E-state index contributed by atoms with van der Waals surface area (Å²) in [4.78, 5) is 4.36. The quantitative estimate of drug-likeness (QED) is 0.734. The maximum absolute atomic E-state index is 5.48. The summed E-state index contributed by atoms with van der Waals surface area (Å²) in [5.41, 5.74) is 0.888. The number of rotatable bonds is 4. The second-order valence-electron chi connectivity index (χ2n) is 3.98. The van der Waals surface area contributed by atoms with Gasteiger partial charge >= 0.3 is 0 Å². The molecule has 0 amide bonds. The van der Waals surface area contributed by atoms with Crippen LogP contribution in [0.4, 0.5) is 5.69 Å². The van der Waals surface area contributed by atoms with Crippen molar-refractivity contribution >= 4 is 5.69 Å². The Bertz CT molecular complexity index is 596. The Labute approximate surface area is 104 Å². The molecule has 1 atom stereocenters. The third-order valence-corrected chi connectivity index (χ3v) is 2.75. The highest BCUT2D eigenvalue weighted by Gasteiger charge is 2.21. The van der Waals surface area contributed by atoms with Gasteiger partial charge in [-0.3, -0.25) is 5.10 Å². The van der Waals surface area contributed by atoms with Crippen LogP contribution < -0.4 is 5.32 Å². The SMILES string of the molecule is Cn1ccnc1C(Nc1cn[nH]c1)c1ccco1. The summed E-state index contributed by atoms with van der Waals surface area (Å²) >= 11 is 0. The lowest BCUT2D eigenvalue weighted by molar-refractivity contribution is 0.488. The van der Waals surface area contributed by atoms with Crippen molar-refractivity contribution in [1.29, 1.82) is 0 Å². The molecule has 0 saturated carbocycles. The fourth-order valence-electron chi connectivity index (χ4n) is 1.87. The molecule has 0 aromatic carbocycles. The van der Waals surface area contributed by atoms with Crippen molar-refractivity contribution in [3.05, 3.63) is 54.8 Å². The van der Waals surface area contributed by atoms with E-state index in [1.165, 1.54) is 0 Å². The minimum atomic E-state index is -0.141. The summed E-state index contributed by atoms with van der Waals surface area (Å²) in [6, 6.07) is 3.65. The Kier molecular flexibility index (Phi) is 2.60. The summed E-state index contributed by atoms with van der Waals surface area (Å²) < 4.78 is 7.44. The summed E-state index contributed by atoms with van der Waals surface area (Å²) in [5.74, 6) is 1.69. The van der Waals surface area contributed by atoms with Crippen LogP contribution in [0.2, 0.25) is 0 Å². The number of imidazole rings is 1. The maximum atomic E-state index is 5.48. The van der Waals surface area contributed by atoms with Crippen molar-refractivity contribution < 1.29 is 4.42 Å². The van der Waals surface area contributed by atoms with Crippen molar-refractivity contribution in [1.82, 2.24) is 19.7 Å². The Morgan fingerprint density at radius 3 is 3.06 bits per heavy atom. The Morgan fingerprint density at radius 2 is 2.44 bits per heavy atom. The molecule has 92 valence electrons. The summed E-state index contributed by atoms with van der Waals surface area (Å²) in [6.45, 7) is 0. The molecule has 6 nitrogen and oxygen atoms in total. The molecule has 0 fully saturated rings. The second kappa shape index (κ2) is 4.40. The van der Waals surface area contributed by atoms with Crippen molar-refractivity contribution in [2.45, 2.75) is 6.04 Å². The molecule has 0 aliphatic rings. The topological polar surface area (TPSA) is 71.7 Å². The Hall–Kier alpha value is -2.50. The normalized spacial score (nSPS) is 12.5. The molecular formula is C12H13N5O. The van der Waals surface area contributed by atoms with Gasteiger partial charge in [-0.15, -0.1) is 0 Å². The van der Waals surface area contributed by atoms with E-state index in [2.05, 4.69) is 20.5 Å².